The van der Waals surface area contributed by atoms with E-state index < -0.39 is 12.0 Å². The quantitative estimate of drug-likeness (QED) is 0.886. The van der Waals surface area contributed by atoms with E-state index in [0.717, 1.165) is 14.9 Å². The van der Waals surface area contributed by atoms with Gasteiger partial charge in [-0.3, -0.25) is 9.69 Å². The van der Waals surface area contributed by atoms with Gasteiger partial charge in [0.05, 0.1) is 8.66 Å². The monoisotopic (exact) mass is 365 g/mol. The molecule has 21 heavy (non-hydrogen) atoms. The molecule has 0 radical (unpaired) electrons. The Morgan fingerprint density at radius 1 is 1.38 bits per heavy atom. The number of carbonyl (C=O) groups excluding carboxylic acids is 1. The van der Waals surface area contributed by atoms with Crippen molar-refractivity contribution in [3.63, 3.8) is 0 Å². The zero-order chi connectivity index (χ0) is 15.1. The van der Waals surface area contributed by atoms with E-state index in [1.165, 1.54) is 16.2 Å². The van der Waals surface area contributed by atoms with E-state index in [1.807, 2.05) is 25.1 Å². The summed E-state index contributed by atoms with van der Waals surface area (Å²) in [6, 6.07) is 8.30. The minimum absolute atomic E-state index is 0.258. The van der Waals surface area contributed by atoms with Crippen molar-refractivity contribution in [2.45, 2.75) is 19.4 Å². The summed E-state index contributed by atoms with van der Waals surface area (Å²) < 4.78 is 0.894. The Balaban J connectivity index is 2.05. The van der Waals surface area contributed by atoms with Crippen molar-refractivity contribution < 1.29 is 14.7 Å². The van der Waals surface area contributed by atoms with Crippen molar-refractivity contribution in [2.75, 3.05) is 4.90 Å². The number of aryl methyl sites for hydroxylation is 1. The fourth-order valence-corrected chi connectivity index (χ4v) is 3.99. The number of thiophene rings is 1. The van der Waals surface area contributed by atoms with Crippen molar-refractivity contribution in [1.29, 1.82) is 0 Å². The molecule has 1 atom stereocenters. The van der Waals surface area contributed by atoms with Crippen LogP contribution in [-0.2, 0) is 11.2 Å². The second kappa shape index (κ2) is 5.27. The summed E-state index contributed by atoms with van der Waals surface area (Å²) in [6.07, 6.45) is 0.350. The van der Waals surface area contributed by atoms with Crippen LogP contribution in [0.25, 0.3) is 0 Å². The second-order valence-corrected chi connectivity index (χ2v) is 7.30. The fourth-order valence-electron chi connectivity index (χ4n) is 2.52. The molecule has 0 aliphatic carbocycles. The highest BCUT2D eigenvalue weighted by Gasteiger charge is 2.39. The summed E-state index contributed by atoms with van der Waals surface area (Å²) in [6.45, 7) is 1.91. The van der Waals surface area contributed by atoms with Crippen LogP contribution in [0.4, 0.5) is 5.69 Å². The molecule has 108 valence electrons. The van der Waals surface area contributed by atoms with Gasteiger partial charge in [-0.2, -0.15) is 0 Å². The topological polar surface area (TPSA) is 57.6 Å². The Hall–Kier alpha value is -1.66. The first-order chi connectivity index (χ1) is 9.99. The first-order valence-electron chi connectivity index (χ1n) is 6.39. The zero-order valence-electron chi connectivity index (χ0n) is 11.2. The molecule has 0 fully saturated rings. The maximum Gasteiger partial charge on any atom is 0.327 e. The van der Waals surface area contributed by atoms with Crippen LogP contribution >= 0.6 is 27.3 Å². The number of nitrogens with zero attached hydrogens (tertiary/aromatic N) is 1. The predicted molar refractivity (Wildman–Crippen MR) is 85.1 cm³/mol. The van der Waals surface area contributed by atoms with Crippen LogP contribution in [-0.4, -0.2) is 23.0 Å². The SMILES string of the molecule is Cc1cc(C(=O)N2c3ccccc3C[C@H]2C(=O)O)sc1Br. The number of rotatable bonds is 2. The van der Waals surface area contributed by atoms with Crippen molar-refractivity contribution in [1.82, 2.24) is 0 Å². The van der Waals surface area contributed by atoms with Crippen molar-refractivity contribution >= 4 is 44.8 Å². The van der Waals surface area contributed by atoms with Crippen molar-refractivity contribution in [3.8, 4) is 0 Å². The molecule has 0 spiro atoms. The highest BCUT2D eigenvalue weighted by molar-refractivity contribution is 9.11. The maximum absolute atomic E-state index is 12.7. The second-order valence-electron chi connectivity index (χ2n) is 4.93. The number of para-hydroxylation sites is 1. The summed E-state index contributed by atoms with van der Waals surface area (Å²) in [5.74, 6) is -1.24. The van der Waals surface area contributed by atoms with E-state index >= 15 is 0 Å². The van der Waals surface area contributed by atoms with Gasteiger partial charge in [0.2, 0.25) is 0 Å². The normalized spacial score (nSPS) is 16.9. The van der Waals surface area contributed by atoms with Crippen molar-refractivity contribution in [3.05, 3.63) is 50.1 Å². The van der Waals surface area contributed by atoms with Crippen molar-refractivity contribution in [2.24, 2.45) is 0 Å². The van der Waals surface area contributed by atoms with Gasteiger partial charge in [-0.15, -0.1) is 11.3 Å². The van der Waals surface area contributed by atoms with Gasteiger partial charge >= 0.3 is 5.97 Å². The number of hydrogen-bond acceptors (Lipinski definition) is 3. The number of amides is 1. The minimum Gasteiger partial charge on any atom is -0.480 e. The van der Waals surface area contributed by atoms with Gasteiger partial charge < -0.3 is 5.11 Å². The fraction of sp³-hybridized carbons (Fsp3) is 0.200. The number of anilines is 1. The molecule has 3 rings (SSSR count). The highest BCUT2D eigenvalue weighted by Crippen LogP contribution is 2.36. The summed E-state index contributed by atoms with van der Waals surface area (Å²) in [7, 11) is 0. The molecule has 0 saturated carbocycles. The van der Waals surface area contributed by atoms with Gasteiger partial charge in [-0.25, -0.2) is 4.79 Å². The molecule has 1 aromatic heterocycles. The van der Waals surface area contributed by atoms with Gasteiger partial charge in [0.1, 0.15) is 6.04 Å². The van der Waals surface area contributed by atoms with Crippen LogP contribution in [0.3, 0.4) is 0 Å². The van der Waals surface area contributed by atoms with Crippen LogP contribution in [0, 0.1) is 6.92 Å². The first-order valence-corrected chi connectivity index (χ1v) is 8.00. The third-order valence-electron chi connectivity index (χ3n) is 3.55. The molecule has 2 aromatic rings. The Morgan fingerprint density at radius 3 is 2.71 bits per heavy atom. The maximum atomic E-state index is 12.7. The lowest BCUT2D eigenvalue weighted by Crippen LogP contribution is -2.42. The first kappa shape index (κ1) is 14.3. The van der Waals surface area contributed by atoms with Gasteiger partial charge in [-0.05, 0) is 46.1 Å². The van der Waals surface area contributed by atoms with Gasteiger partial charge in [0.25, 0.3) is 5.91 Å². The van der Waals surface area contributed by atoms with E-state index in [0.29, 0.717) is 17.0 Å². The number of aliphatic carboxylic acids is 1. The molecule has 1 aromatic carbocycles. The smallest absolute Gasteiger partial charge is 0.327 e. The van der Waals surface area contributed by atoms with Gasteiger partial charge in [0, 0.05) is 12.1 Å². The molecule has 4 nitrogen and oxygen atoms in total. The Labute approximate surface area is 134 Å². The molecule has 2 heterocycles. The van der Waals surface area contributed by atoms with Gasteiger partial charge in [0.15, 0.2) is 0 Å². The number of fused-ring (bicyclic) bond motifs is 1. The van der Waals surface area contributed by atoms with E-state index in [2.05, 4.69) is 15.9 Å². The lowest BCUT2D eigenvalue weighted by atomic mass is 10.1. The van der Waals surface area contributed by atoms with Crippen LogP contribution in [0.1, 0.15) is 20.8 Å². The Bertz CT molecular complexity index is 721. The molecule has 1 N–H and O–H groups in total. The molecular weight excluding hydrogens is 354 g/mol. The molecule has 1 aliphatic rings. The molecule has 0 bridgehead atoms. The number of benzene rings is 1. The average molecular weight is 366 g/mol. The van der Waals surface area contributed by atoms with Crippen LogP contribution < -0.4 is 4.90 Å². The summed E-state index contributed by atoms with van der Waals surface area (Å²) in [5, 5.41) is 9.41. The minimum atomic E-state index is -0.980. The van der Waals surface area contributed by atoms with E-state index in [9.17, 15) is 14.7 Å². The molecule has 1 amide bonds. The summed E-state index contributed by atoms with van der Waals surface area (Å²) >= 11 is 4.73. The number of hydrogen-bond donors (Lipinski definition) is 1. The number of carboxylic acid groups (broad SMARTS) is 1. The summed E-state index contributed by atoms with van der Waals surface area (Å²) in [5.41, 5.74) is 2.56. The zero-order valence-corrected chi connectivity index (χ0v) is 13.6. The van der Waals surface area contributed by atoms with E-state index in [1.54, 1.807) is 12.1 Å². The highest BCUT2D eigenvalue weighted by atomic mass is 79.9. The third kappa shape index (κ3) is 2.38. The molecular formula is C15H12BrNO3S. The molecule has 1 aliphatic heterocycles. The van der Waals surface area contributed by atoms with Gasteiger partial charge in [-0.1, -0.05) is 18.2 Å². The molecule has 0 unspecified atom stereocenters. The molecule has 0 saturated heterocycles. The van der Waals surface area contributed by atoms with E-state index in [4.69, 9.17) is 0 Å². The van der Waals surface area contributed by atoms with E-state index in [-0.39, 0.29) is 5.91 Å². The standard InChI is InChI=1S/C15H12BrNO3S/c1-8-6-12(21-13(8)16)14(18)17-10-5-3-2-4-9(10)7-11(17)15(19)20/h2-6,11H,7H2,1H3,(H,19,20)/t11-/m0/s1. The van der Waals surface area contributed by atoms with Crippen LogP contribution in [0.15, 0.2) is 34.1 Å². The number of carboxylic acids is 1. The average Bonchev–Trinajstić information content (AvgIpc) is 2.99. The lowest BCUT2D eigenvalue weighted by molar-refractivity contribution is -0.138. The predicted octanol–water partition coefficient (Wildman–Crippen LogP) is 3.48. The Kier molecular flexibility index (Phi) is 3.59. The third-order valence-corrected chi connectivity index (χ3v) is 5.67. The lowest BCUT2D eigenvalue weighted by Gasteiger charge is -2.21. The summed E-state index contributed by atoms with van der Waals surface area (Å²) in [4.78, 5) is 26.2. The van der Waals surface area contributed by atoms with Crippen LogP contribution in [0.5, 0.6) is 0 Å². The Morgan fingerprint density at radius 2 is 2.10 bits per heavy atom. The number of carbonyl (C=O) groups is 2. The van der Waals surface area contributed by atoms with Crippen LogP contribution in [0.2, 0.25) is 0 Å². The molecule has 6 heteroatoms. The number of halogens is 1. The largest absolute Gasteiger partial charge is 0.480 e.